The van der Waals surface area contributed by atoms with Crippen LogP contribution >= 0.6 is 27.5 Å². The highest BCUT2D eigenvalue weighted by molar-refractivity contribution is 9.10. The predicted octanol–water partition coefficient (Wildman–Crippen LogP) is 1.93. The molecule has 2 N–H and O–H groups in total. The van der Waals surface area contributed by atoms with Crippen molar-refractivity contribution in [2.45, 2.75) is 0 Å². The normalized spacial score (nSPS) is 10.1. The van der Waals surface area contributed by atoms with Crippen molar-refractivity contribution < 1.29 is 19.4 Å². The van der Waals surface area contributed by atoms with E-state index in [9.17, 15) is 9.59 Å². The van der Waals surface area contributed by atoms with Crippen LogP contribution in [0.15, 0.2) is 22.7 Å². The number of hydrogen-bond acceptors (Lipinski definition) is 3. The van der Waals surface area contributed by atoms with E-state index < -0.39 is 5.97 Å². The summed E-state index contributed by atoms with van der Waals surface area (Å²) in [5, 5.41) is 11.5. The van der Waals surface area contributed by atoms with Gasteiger partial charge in [0.15, 0.2) is 0 Å². The molecule has 0 saturated heterocycles. The smallest absolute Gasteiger partial charge is 0.329 e. The Morgan fingerprint density at radius 1 is 1.44 bits per heavy atom. The molecule has 0 unspecified atom stereocenters. The maximum atomic E-state index is 11.7. The summed E-state index contributed by atoms with van der Waals surface area (Å²) in [7, 11) is 0. The topological polar surface area (TPSA) is 75.6 Å². The predicted molar refractivity (Wildman–Crippen MR) is 69.9 cm³/mol. The molecule has 0 aliphatic rings. The molecule has 0 atom stereocenters. The van der Waals surface area contributed by atoms with Crippen LogP contribution in [0.25, 0.3) is 0 Å². The van der Waals surface area contributed by atoms with E-state index in [0.29, 0.717) is 15.1 Å². The largest absolute Gasteiger partial charge is 0.480 e. The third kappa shape index (κ3) is 5.03. The van der Waals surface area contributed by atoms with Gasteiger partial charge in [0.05, 0.1) is 12.2 Å². The van der Waals surface area contributed by atoms with Gasteiger partial charge in [-0.3, -0.25) is 4.79 Å². The van der Waals surface area contributed by atoms with Gasteiger partial charge in [-0.25, -0.2) is 4.79 Å². The highest BCUT2D eigenvalue weighted by Gasteiger charge is 2.09. The summed E-state index contributed by atoms with van der Waals surface area (Å²) in [4.78, 5) is 21.9. The van der Waals surface area contributed by atoms with E-state index in [1.54, 1.807) is 18.2 Å². The zero-order valence-electron chi connectivity index (χ0n) is 9.28. The lowest BCUT2D eigenvalue weighted by Gasteiger charge is -2.07. The summed E-state index contributed by atoms with van der Waals surface area (Å²) < 4.78 is 5.38. The molecule has 0 radical (unpaired) electrons. The van der Waals surface area contributed by atoms with Crippen molar-refractivity contribution >= 4 is 39.4 Å². The first kappa shape index (κ1) is 14.9. The third-order valence-electron chi connectivity index (χ3n) is 1.93. The fraction of sp³-hybridized carbons (Fsp3) is 0.273. The first-order valence-electron chi connectivity index (χ1n) is 5.03. The molecule has 18 heavy (non-hydrogen) atoms. The second kappa shape index (κ2) is 7.35. The van der Waals surface area contributed by atoms with Gasteiger partial charge in [-0.1, -0.05) is 11.6 Å². The van der Waals surface area contributed by atoms with E-state index in [-0.39, 0.29) is 25.7 Å². The monoisotopic (exact) mass is 335 g/mol. The molecular weight excluding hydrogens is 325 g/mol. The average molecular weight is 337 g/mol. The Hall–Kier alpha value is -1.11. The number of hydrogen-bond donors (Lipinski definition) is 2. The molecule has 0 bridgehead atoms. The standard InChI is InChI=1S/C11H11BrClNO4/c12-9-5-7(13)1-2-8(9)11(17)14-3-4-18-6-10(15)16/h1-2,5H,3-4,6H2,(H,14,17)(H,15,16). The Labute approximate surface area is 117 Å². The average Bonchev–Trinajstić information content (AvgIpc) is 2.27. The Morgan fingerprint density at radius 2 is 2.17 bits per heavy atom. The zero-order chi connectivity index (χ0) is 13.5. The van der Waals surface area contributed by atoms with Gasteiger partial charge in [0, 0.05) is 16.0 Å². The number of carbonyl (C=O) groups excluding carboxylic acids is 1. The van der Waals surface area contributed by atoms with Crippen molar-refractivity contribution in [3.8, 4) is 0 Å². The summed E-state index contributed by atoms with van der Waals surface area (Å²) in [6.45, 7) is 0.00490. The van der Waals surface area contributed by atoms with Crippen molar-refractivity contribution in [1.29, 1.82) is 0 Å². The van der Waals surface area contributed by atoms with Crippen LogP contribution in [0.4, 0.5) is 0 Å². The van der Waals surface area contributed by atoms with E-state index >= 15 is 0 Å². The molecule has 0 heterocycles. The third-order valence-corrected chi connectivity index (χ3v) is 2.82. The highest BCUT2D eigenvalue weighted by Crippen LogP contribution is 2.21. The number of carboxylic acids is 1. The molecule has 0 aromatic heterocycles. The van der Waals surface area contributed by atoms with Gasteiger partial charge >= 0.3 is 5.97 Å². The molecule has 0 aliphatic carbocycles. The molecule has 0 spiro atoms. The second-order valence-corrected chi connectivity index (χ2v) is 4.62. The Kier molecular flexibility index (Phi) is 6.11. The zero-order valence-corrected chi connectivity index (χ0v) is 11.6. The number of nitrogens with one attached hydrogen (secondary N) is 1. The van der Waals surface area contributed by atoms with Crippen molar-refractivity contribution in [2.75, 3.05) is 19.8 Å². The van der Waals surface area contributed by atoms with Crippen LogP contribution in [-0.2, 0) is 9.53 Å². The van der Waals surface area contributed by atoms with Crippen molar-refractivity contribution in [3.05, 3.63) is 33.3 Å². The molecule has 98 valence electrons. The van der Waals surface area contributed by atoms with E-state index in [1.165, 1.54) is 0 Å². The van der Waals surface area contributed by atoms with Crippen LogP contribution in [0.1, 0.15) is 10.4 Å². The molecule has 7 heteroatoms. The maximum Gasteiger partial charge on any atom is 0.329 e. The number of carbonyl (C=O) groups is 2. The Morgan fingerprint density at radius 3 is 2.78 bits per heavy atom. The first-order chi connectivity index (χ1) is 8.50. The minimum Gasteiger partial charge on any atom is -0.480 e. The van der Waals surface area contributed by atoms with Gasteiger partial charge in [0.2, 0.25) is 0 Å². The summed E-state index contributed by atoms with van der Waals surface area (Å²) in [5.74, 6) is -1.32. The molecule has 5 nitrogen and oxygen atoms in total. The van der Waals surface area contributed by atoms with Gasteiger partial charge in [-0.2, -0.15) is 0 Å². The molecule has 1 aromatic rings. The van der Waals surface area contributed by atoms with Gasteiger partial charge in [-0.05, 0) is 34.1 Å². The molecule has 1 aromatic carbocycles. The van der Waals surface area contributed by atoms with Gasteiger partial charge < -0.3 is 15.2 Å². The number of rotatable bonds is 6. The van der Waals surface area contributed by atoms with Crippen LogP contribution in [0.3, 0.4) is 0 Å². The van der Waals surface area contributed by atoms with E-state index in [4.69, 9.17) is 21.4 Å². The maximum absolute atomic E-state index is 11.7. The van der Waals surface area contributed by atoms with E-state index in [2.05, 4.69) is 21.2 Å². The summed E-state index contributed by atoms with van der Waals surface area (Å²) in [6, 6.07) is 4.83. The minimum absolute atomic E-state index is 0.142. The number of amides is 1. The van der Waals surface area contributed by atoms with Crippen LogP contribution in [0.2, 0.25) is 5.02 Å². The second-order valence-electron chi connectivity index (χ2n) is 3.33. The lowest BCUT2D eigenvalue weighted by Crippen LogP contribution is -2.28. The summed E-state index contributed by atoms with van der Waals surface area (Å²) >= 11 is 8.99. The SMILES string of the molecule is O=C(O)COCCNC(=O)c1ccc(Cl)cc1Br. The molecule has 1 amide bonds. The number of halogens is 2. The molecule has 0 fully saturated rings. The lowest BCUT2D eigenvalue weighted by molar-refractivity contribution is -0.142. The Bertz CT molecular complexity index is 453. The number of carboxylic acid groups (broad SMARTS) is 1. The quantitative estimate of drug-likeness (QED) is 0.778. The molecule has 0 saturated carbocycles. The van der Waals surface area contributed by atoms with Crippen LogP contribution in [-0.4, -0.2) is 36.7 Å². The van der Waals surface area contributed by atoms with E-state index in [0.717, 1.165) is 0 Å². The van der Waals surface area contributed by atoms with Crippen molar-refractivity contribution in [1.82, 2.24) is 5.32 Å². The Balaban J connectivity index is 2.39. The first-order valence-corrected chi connectivity index (χ1v) is 6.20. The fourth-order valence-electron chi connectivity index (χ4n) is 1.17. The lowest BCUT2D eigenvalue weighted by atomic mass is 10.2. The minimum atomic E-state index is -1.04. The van der Waals surface area contributed by atoms with Crippen molar-refractivity contribution in [3.63, 3.8) is 0 Å². The van der Waals surface area contributed by atoms with Crippen LogP contribution < -0.4 is 5.32 Å². The van der Waals surface area contributed by atoms with Crippen molar-refractivity contribution in [2.24, 2.45) is 0 Å². The van der Waals surface area contributed by atoms with Crippen LogP contribution in [0.5, 0.6) is 0 Å². The summed E-state index contributed by atoms with van der Waals surface area (Å²) in [6.07, 6.45) is 0. The van der Waals surface area contributed by atoms with E-state index in [1.807, 2.05) is 0 Å². The molecular formula is C11H11BrClNO4. The molecule has 0 aliphatic heterocycles. The van der Waals surface area contributed by atoms with Gasteiger partial charge in [-0.15, -0.1) is 0 Å². The summed E-state index contributed by atoms with van der Waals surface area (Å²) in [5.41, 5.74) is 0.456. The highest BCUT2D eigenvalue weighted by atomic mass is 79.9. The fourth-order valence-corrected chi connectivity index (χ4v) is 2.03. The number of aliphatic carboxylic acids is 1. The van der Waals surface area contributed by atoms with Gasteiger partial charge in [0.25, 0.3) is 5.91 Å². The number of benzene rings is 1. The number of ether oxygens (including phenoxy) is 1. The van der Waals surface area contributed by atoms with Crippen LogP contribution in [0, 0.1) is 0 Å². The molecule has 1 rings (SSSR count). The van der Waals surface area contributed by atoms with Gasteiger partial charge in [0.1, 0.15) is 6.61 Å².